The van der Waals surface area contributed by atoms with Crippen LogP contribution in [-0.2, 0) is 28.4 Å². The molecule has 1 heterocycles. The molecule has 3 rings (SSSR count). The SMILES string of the molecule is CC(C)[C@]1(C(=O)NCc2cc(C(F)(F)F)cc(C(F)(F)F)c2)CC[C@@H](NCC2CCOCC2)C1. The summed E-state index contributed by atoms with van der Waals surface area (Å²) < 4.78 is 84.2. The summed E-state index contributed by atoms with van der Waals surface area (Å²) in [4.78, 5) is 13.2. The molecule has 1 aromatic rings. The lowest BCUT2D eigenvalue weighted by Gasteiger charge is -2.33. The molecule has 10 heteroatoms. The molecule has 0 bridgehead atoms. The van der Waals surface area contributed by atoms with E-state index in [0.29, 0.717) is 30.9 Å². The van der Waals surface area contributed by atoms with Crippen LogP contribution >= 0.6 is 0 Å². The molecule has 1 saturated carbocycles. The monoisotopic (exact) mass is 494 g/mol. The van der Waals surface area contributed by atoms with E-state index in [-0.39, 0.29) is 29.5 Å². The molecule has 192 valence electrons. The lowest BCUT2D eigenvalue weighted by atomic mass is 9.74. The fourth-order valence-corrected chi connectivity index (χ4v) is 5.01. The fraction of sp³-hybridized carbons (Fsp3) is 0.708. The molecule has 1 aliphatic carbocycles. The number of alkyl halides is 6. The van der Waals surface area contributed by atoms with Gasteiger partial charge in [0.2, 0.25) is 5.91 Å². The maximum absolute atomic E-state index is 13.2. The van der Waals surface area contributed by atoms with E-state index in [4.69, 9.17) is 4.74 Å². The molecule has 1 saturated heterocycles. The molecular formula is C24H32F6N2O2. The van der Waals surface area contributed by atoms with Gasteiger partial charge in [0.05, 0.1) is 16.5 Å². The third-order valence-corrected chi connectivity index (χ3v) is 7.24. The summed E-state index contributed by atoms with van der Waals surface area (Å²) in [5.74, 6) is 0.166. The standard InChI is InChI=1S/C24H32F6N2O2/c1-15(2)22(6-3-20(12-22)31-13-16-4-7-34-8-5-16)21(33)32-14-17-9-18(23(25,26)27)11-19(10-17)24(28,29)30/h9-11,15-16,20,31H,3-8,12-14H2,1-2H3,(H,32,33)/t20-,22+/m1/s1. The highest BCUT2D eigenvalue weighted by molar-refractivity contribution is 5.83. The van der Waals surface area contributed by atoms with Crippen molar-refractivity contribution < 1.29 is 35.9 Å². The topological polar surface area (TPSA) is 50.4 Å². The Hall–Kier alpha value is -1.81. The Bertz CT molecular complexity index is 817. The number of carbonyl (C=O) groups excluding carboxylic acids is 1. The van der Waals surface area contributed by atoms with Crippen molar-refractivity contribution in [1.29, 1.82) is 0 Å². The van der Waals surface area contributed by atoms with Crippen molar-refractivity contribution in [3.05, 3.63) is 34.9 Å². The molecule has 1 aromatic carbocycles. The van der Waals surface area contributed by atoms with Crippen LogP contribution in [0.2, 0.25) is 0 Å². The first-order valence-corrected chi connectivity index (χ1v) is 11.7. The summed E-state index contributed by atoms with van der Waals surface area (Å²) in [5.41, 5.74) is -3.73. The van der Waals surface area contributed by atoms with Crippen LogP contribution < -0.4 is 10.6 Å². The van der Waals surface area contributed by atoms with E-state index in [0.717, 1.165) is 39.0 Å². The van der Waals surface area contributed by atoms with E-state index >= 15 is 0 Å². The van der Waals surface area contributed by atoms with Crippen molar-refractivity contribution in [3.63, 3.8) is 0 Å². The van der Waals surface area contributed by atoms with Crippen molar-refractivity contribution >= 4 is 5.91 Å². The van der Waals surface area contributed by atoms with E-state index in [1.807, 2.05) is 13.8 Å². The minimum atomic E-state index is -4.92. The van der Waals surface area contributed by atoms with Gasteiger partial charge in [-0.05, 0) is 74.2 Å². The largest absolute Gasteiger partial charge is 0.416 e. The molecule has 2 aliphatic rings. The van der Waals surface area contributed by atoms with Crippen molar-refractivity contribution in [3.8, 4) is 0 Å². The highest BCUT2D eigenvalue weighted by Crippen LogP contribution is 2.45. The molecule has 1 amide bonds. The molecule has 2 N–H and O–H groups in total. The van der Waals surface area contributed by atoms with Crippen LogP contribution in [0.3, 0.4) is 0 Å². The highest BCUT2D eigenvalue weighted by atomic mass is 19.4. The maximum Gasteiger partial charge on any atom is 0.416 e. The average Bonchev–Trinajstić information content (AvgIpc) is 3.21. The Labute approximate surface area is 195 Å². The summed E-state index contributed by atoms with van der Waals surface area (Å²) in [6.07, 6.45) is -5.88. The van der Waals surface area contributed by atoms with Crippen LogP contribution in [0.25, 0.3) is 0 Å². The first kappa shape index (κ1) is 26.8. The second-order valence-electron chi connectivity index (χ2n) is 9.81. The van der Waals surface area contributed by atoms with Gasteiger partial charge in [0.25, 0.3) is 0 Å². The summed E-state index contributed by atoms with van der Waals surface area (Å²) in [6.45, 7) is 5.79. The number of carbonyl (C=O) groups is 1. The molecule has 0 aromatic heterocycles. The van der Waals surface area contributed by atoms with Crippen LogP contribution in [0, 0.1) is 17.3 Å². The van der Waals surface area contributed by atoms with Gasteiger partial charge in [0, 0.05) is 25.8 Å². The van der Waals surface area contributed by atoms with Crippen molar-refractivity contribution in [2.75, 3.05) is 19.8 Å². The molecule has 1 aliphatic heterocycles. The van der Waals surface area contributed by atoms with Crippen molar-refractivity contribution in [2.24, 2.45) is 17.3 Å². The Morgan fingerprint density at radius 3 is 2.15 bits per heavy atom. The highest BCUT2D eigenvalue weighted by Gasteiger charge is 2.47. The molecule has 0 radical (unpaired) electrons. The zero-order valence-electron chi connectivity index (χ0n) is 19.4. The molecule has 0 unspecified atom stereocenters. The number of halogens is 6. The maximum atomic E-state index is 13.2. The predicted molar refractivity (Wildman–Crippen MR) is 115 cm³/mol. The number of nitrogens with one attached hydrogen (secondary N) is 2. The van der Waals surface area contributed by atoms with E-state index in [2.05, 4.69) is 10.6 Å². The first-order chi connectivity index (χ1) is 15.8. The number of amides is 1. The van der Waals surface area contributed by atoms with Crippen LogP contribution in [0.15, 0.2) is 18.2 Å². The van der Waals surface area contributed by atoms with Gasteiger partial charge in [-0.25, -0.2) is 0 Å². The van der Waals surface area contributed by atoms with E-state index in [1.165, 1.54) is 0 Å². The summed E-state index contributed by atoms with van der Waals surface area (Å²) in [5, 5.41) is 6.18. The van der Waals surface area contributed by atoms with Crippen molar-refractivity contribution in [1.82, 2.24) is 10.6 Å². The zero-order chi connectivity index (χ0) is 25.1. The van der Waals surface area contributed by atoms with Crippen molar-refractivity contribution in [2.45, 2.75) is 70.9 Å². The zero-order valence-corrected chi connectivity index (χ0v) is 19.4. The Morgan fingerprint density at radius 2 is 1.62 bits per heavy atom. The van der Waals surface area contributed by atoms with Gasteiger partial charge < -0.3 is 15.4 Å². The van der Waals surface area contributed by atoms with Crippen LogP contribution in [0.4, 0.5) is 26.3 Å². The minimum Gasteiger partial charge on any atom is -0.381 e. The van der Waals surface area contributed by atoms with E-state index in [1.54, 1.807) is 0 Å². The molecular weight excluding hydrogens is 462 g/mol. The number of ether oxygens (including phenoxy) is 1. The molecule has 2 atom stereocenters. The average molecular weight is 495 g/mol. The van der Waals surface area contributed by atoms with Crippen LogP contribution in [0.1, 0.15) is 62.6 Å². The van der Waals surface area contributed by atoms with Gasteiger partial charge in [-0.3, -0.25) is 4.79 Å². The summed E-state index contributed by atoms with van der Waals surface area (Å²) >= 11 is 0. The van der Waals surface area contributed by atoms with Gasteiger partial charge in [0.15, 0.2) is 0 Å². The number of hydrogen-bond acceptors (Lipinski definition) is 3. The molecule has 2 fully saturated rings. The van der Waals surface area contributed by atoms with Gasteiger partial charge in [-0.1, -0.05) is 13.8 Å². The predicted octanol–water partition coefficient (Wildman–Crippen LogP) is 5.55. The first-order valence-electron chi connectivity index (χ1n) is 11.7. The Balaban J connectivity index is 1.67. The minimum absolute atomic E-state index is 0.0328. The quantitative estimate of drug-likeness (QED) is 0.489. The smallest absolute Gasteiger partial charge is 0.381 e. The Morgan fingerprint density at radius 1 is 1.03 bits per heavy atom. The summed E-state index contributed by atoms with van der Waals surface area (Å²) in [6, 6.07) is 1.54. The number of rotatable bonds is 7. The second-order valence-corrected chi connectivity index (χ2v) is 9.81. The molecule has 0 spiro atoms. The summed E-state index contributed by atoms with van der Waals surface area (Å²) in [7, 11) is 0. The Kier molecular flexibility index (Phi) is 8.22. The normalized spacial score (nSPS) is 24.6. The van der Waals surface area contributed by atoms with E-state index < -0.39 is 35.4 Å². The second kappa shape index (κ2) is 10.4. The van der Waals surface area contributed by atoms with E-state index in [9.17, 15) is 31.1 Å². The molecule has 34 heavy (non-hydrogen) atoms. The van der Waals surface area contributed by atoms with Gasteiger partial charge in [-0.15, -0.1) is 0 Å². The fourth-order valence-electron chi connectivity index (χ4n) is 5.01. The lowest BCUT2D eigenvalue weighted by molar-refractivity contribution is -0.143. The van der Waals surface area contributed by atoms with Crippen LogP contribution in [-0.4, -0.2) is 31.7 Å². The third kappa shape index (κ3) is 6.44. The van der Waals surface area contributed by atoms with Gasteiger partial charge in [-0.2, -0.15) is 26.3 Å². The van der Waals surface area contributed by atoms with Gasteiger partial charge >= 0.3 is 12.4 Å². The van der Waals surface area contributed by atoms with Crippen LogP contribution in [0.5, 0.6) is 0 Å². The number of hydrogen-bond donors (Lipinski definition) is 2. The van der Waals surface area contributed by atoms with Gasteiger partial charge in [0.1, 0.15) is 0 Å². The molecule has 4 nitrogen and oxygen atoms in total. The number of benzene rings is 1. The lowest BCUT2D eigenvalue weighted by Crippen LogP contribution is -2.44. The third-order valence-electron chi connectivity index (χ3n) is 7.24.